The molecule has 0 bridgehead atoms. The van der Waals surface area contributed by atoms with Crippen molar-refractivity contribution in [1.29, 1.82) is 0 Å². The fraction of sp³-hybridized carbons (Fsp3) is 0.360. The van der Waals surface area contributed by atoms with E-state index in [1.54, 1.807) is 11.1 Å². The molecule has 146 valence electrons. The van der Waals surface area contributed by atoms with Gasteiger partial charge in [0, 0.05) is 0 Å². The number of allylic oxidation sites excluding steroid dienone is 4. The van der Waals surface area contributed by atoms with E-state index in [0.717, 1.165) is 0 Å². The van der Waals surface area contributed by atoms with Crippen molar-refractivity contribution in [2.45, 2.75) is 54.2 Å². The summed E-state index contributed by atoms with van der Waals surface area (Å²) >= 11 is 5.82. The van der Waals surface area contributed by atoms with Gasteiger partial charge in [0.1, 0.15) is 0 Å². The van der Waals surface area contributed by atoms with Crippen LogP contribution in [0.15, 0.2) is 70.8 Å². The molecular formula is C25H28Br2Zr. The summed E-state index contributed by atoms with van der Waals surface area (Å²) in [4.78, 5) is 0. The minimum absolute atomic E-state index is 0.119. The van der Waals surface area contributed by atoms with E-state index in [4.69, 9.17) is 0 Å². The molecule has 28 heavy (non-hydrogen) atoms. The topological polar surface area (TPSA) is 0 Å². The van der Waals surface area contributed by atoms with E-state index in [1.807, 2.05) is 0 Å². The molecule has 0 saturated heterocycles. The van der Waals surface area contributed by atoms with Gasteiger partial charge in [-0.1, -0.05) is 0 Å². The summed E-state index contributed by atoms with van der Waals surface area (Å²) in [6, 6.07) is 18.1. The number of benzene rings is 2. The molecule has 0 spiro atoms. The van der Waals surface area contributed by atoms with E-state index in [1.165, 1.54) is 46.2 Å². The van der Waals surface area contributed by atoms with Gasteiger partial charge in [0.25, 0.3) is 0 Å². The van der Waals surface area contributed by atoms with Crippen LogP contribution in [0, 0.1) is 0 Å². The molecular weight excluding hydrogens is 551 g/mol. The Balaban J connectivity index is 1.96. The van der Waals surface area contributed by atoms with Gasteiger partial charge in [-0.2, -0.15) is 0 Å². The summed E-state index contributed by atoms with van der Waals surface area (Å²) < 4.78 is 0.570. The standard InChI is InChI=1S/C13H9.C12H19.2BrH.Zr/c1-3-7-12-10(5-1)9-11-6-2-4-8-13(11)12;1-6-7-12-10(4)8(2)9(3)11(12)5;;;/h1-9H;6-7H2,1-5H3;2*1H;/q;;;;+2/p-2. The van der Waals surface area contributed by atoms with Gasteiger partial charge in [0.15, 0.2) is 0 Å². The first kappa shape index (κ1) is 21.0. The summed E-state index contributed by atoms with van der Waals surface area (Å²) in [5.41, 5.74) is 12.1. The first-order chi connectivity index (χ1) is 13.3. The Hall–Kier alpha value is -0.237. The third-order valence-corrected chi connectivity index (χ3v) is 30.3. The van der Waals surface area contributed by atoms with Crippen LogP contribution in [0.25, 0.3) is 11.1 Å². The Bertz CT molecular complexity index is 969. The zero-order chi connectivity index (χ0) is 20.3. The third kappa shape index (κ3) is 2.75. The van der Waals surface area contributed by atoms with Gasteiger partial charge in [0.05, 0.1) is 0 Å². The number of hydrogen-bond acceptors (Lipinski definition) is 0. The Morgan fingerprint density at radius 1 is 0.857 bits per heavy atom. The van der Waals surface area contributed by atoms with E-state index in [0.29, 0.717) is 3.63 Å². The predicted octanol–water partition coefficient (Wildman–Crippen LogP) is 9.18. The normalized spacial score (nSPS) is 22.1. The molecule has 4 rings (SSSR count). The molecule has 2 aromatic rings. The fourth-order valence-electron chi connectivity index (χ4n) is 5.46. The molecule has 1 atom stereocenters. The van der Waals surface area contributed by atoms with Gasteiger partial charge >= 0.3 is 187 Å². The Kier molecular flexibility index (Phi) is 5.61. The van der Waals surface area contributed by atoms with E-state index in [9.17, 15) is 0 Å². The van der Waals surface area contributed by atoms with Crippen LogP contribution in [0.2, 0.25) is 3.12 Å². The minimum atomic E-state index is -3.17. The van der Waals surface area contributed by atoms with Gasteiger partial charge < -0.3 is 0 Å². The van der Waals surface area contributed by atoms with E-state index in [-0.39, 0.29) is 3.12 Å². The van der Waals surface area contributed by atoms with Gasteiger partial charge in [-0.05, 0) is 0 Å². The monoisotopic (exact) mass is 576 g/mol. The summed E-state index contributed by atoms with van der Waals surface area (Å²) in [7, 11) is 0. The maximum absolute atomic E-state index is 4.50. The van der Waals surface area contributed by atoms with Crippen LogP contribution in [-0.2, 0) is 15.6 Å². The second-order valence-electron chi connectivity index (χ2n) is 8.46. The third-order valence-electron chi connectivity index (χ3n) is 7.29. The van der Waals surface area contributed by atoms with Crippen molar-refractivity contribution in [3.05, 3.63) is 82.0 Å². The van der Waals surface area contributed by atoms with E-state index >= 15 is 0 Å². The number of halogens is 2. The molecule has 0 amide bonds. The van der Waals surface area contributed by atoms with Gasteiger partial charge in [-0.15, -0.1) is 0 Å². The van der Waals surface area contributed by atoms with Gasteiger partial charge in [-0.25, -0.2) is 0 Å². The summed E-state index contributed by atoms with van der Waals surface area (Å²) in [5.74, 6) is 0. The Labute approximate surface area is 185 Å². The SMILES string of the molecule is CCCC1=C(C)C(C)=C(C)[C]1(C)[Zr]([Br])([Br])[CH]1c2ccccc2-c2ccccc21. The molecule has 0 nitrogen and oxygen atoms in total. The second-order valence-corrected chi connectivity index (χ2v) is 36.5. The van der Waals surface area contributed by atoms with Crippen molar-refractivity contribution >= 4 is 24.4 Å². The van der Waals surface area contributed by atoms with Crippen molar-refractivity contribution in [2.24, 2.45) is 0 Å². The molecule has 0 fully saturated rings. The van der Waals surface area contributed by atoms with Crippen LogP contribution in [0.5, 0.6) is 0 Å². The molecule has 1 unspecified atom stereocenters. The van der Waals surface area contributed by atoms with Crippen molar-refractivity contribution < 1.29 is 15.6 Å². The molecule has 0 aromatic heterocycles. The van der Waals surface area contributed by atoms with E-state index in [2.05, 4.69) is 108 Å². The van der Waals surface area contributed by atoms with Crippen LogP contribution < -0.4 is 0 Å². The average molecular weight is 580 g/mol. The first-order valence-electron chi connectivity index (χ1n) is 10.2. The molecule has 2 aliphatic carbocycles. The van der Waals surface area contributed by atoms with Crippen molar-refractivity contribution in [3.63, 3.8) is 0 Å². The summed E-state index contributed by atoms with van der Waals surface area (Å²) in [6.45, 7) is 11.9. The molecule has 3 heteroatoms. The molecule has 0 heterocycles. The maximum atomic E-state index is 4.50. The number of rotatable bonds is 4. The molecule has 2 aliphatic rings. The van der Waals surface area contributed by atoms with Crippen molar-refractivity contribution in [1.82, 2.24) is 0 Å². The fourth-order valence-corrected chi connectivity index (χ4v) is 25.7. The Morgan fingerprint density at radius 2 is 1.36 bits per heavy atom. The summed E-state index contributed by atoms with van der Waals surface area (Å²) in [5, 5.41) is 0. The van der Waals surface area contributed by atoms with Crippen LogP contribution in [0.3, 0.4) is 0 Å². The quantitative estimate of drug-likeness (QED) is 0.339. The zero-order valence-electron chi connectivity index (χ0n) is 17.4. The van der Waals surface area contributed by atoms with Gasteiger partial charge in [0.2, 0.25) is 0 Å². The summed E-state index contributed by atoms with van der Waals surface area (Å²) in [6.07, 6.45) is 2.38. The molecule has 0 aliphatic heterocycles. The average Bonchev–Trinajstić information content (AvgIpc) is 3.11. The predicted molar refractivity (Wildman–Crippen MR) is 126 cm³/mol. The van der Waals surface area contributed by atoms with Crippen LogP contribution in [0.4, 0.5) is 0 Å². The van der Waals surface area contributed by atoms with Crippen LogP contribution >= 0.6 is 24.4 Å². The molecule has 0 N–H and O–H groups in total. The van der Waals surface area contributed by atoms with Crippen molar-refractivity contribution in [3.8, 4) is 11.1 Å². The van der Waals surface area contributed by atoms with Crippen molar-refractivity contribution in [2.75, 3.05) is 0 Å². The Morgan fingerprint density at radius 3 is 1.86 bits per heavy atom. The molecule has 0 saturated carbocycles. The van der Waals surface area contributed by atoms with Crippen LogP contribution in [0.1, 0.15) is 62.2 Å². The van der Waals surface area contributed by atoms with Gasteiger partial charge in [-0.3, -0.25) is 0 Å². The number of fused-ring (bicyclic) bond motifs is 3. The van der Waals surface area contributed by atoms with E-state index < -0.39 is 15.6 Å². The first-order valence-corrected chi connectivity index (χ1v) is 24.1. The molecule has 2 aromatic carbocycles. The number of hydrogen-bond donors (Lipinski definition) is 0. The zero-order valence-corrected chi connectivity index (χ0v) is 23.0. The van der Waals surface area contributed by atoms with Crippen LogP contribution in [-0.4, -0.2) is 0 Å². The second kappa shape index (κ2) is 7.47. The molecule has 0 radical (unpaired) electrons.